The van der Waals surface area contributed by atoms with E-state index in [0.717, 1.165) is 23.3 Å². The number of aromatic nitrogens is 1. The van der Waals surface area contributed by atoms with Crippen molar-refractivity contribution in [3.8, 4) is 0 Å². The van der Waals surface area contributed by atoms with Crippen LogP contribution in [0, 0.1) is 5.92 Å². The van der Waals surface area contributed by atoms with Crippen LogP contribution in [-0.4, -0.2) is 40.7 Å². The number of amides is 2. The number of hydrogen-bond donors (Lipinski definition) is 2. The lowest BCUT2D eigenvalue weighted by Gasteiger charge is -2.20. The molecule has 2 aromatic rings. The van der Waals surface area contributed by atoms with E-state index in [-0.39, 0.29) is 6.03 Å². The second-order valence-electron chi connectivity index (χ2n) is 6.30. The fourth-order valence-electron chi connectivity index (χ4n) is 2.54. The summed E-state index contributed by atoms with van der Waals surface area (Å²) in [5.74, 6) is 0.339. The van der Waals surface area contributed by atoms with Crippen molar-refractivity contribution in [2.45, 2.75) is 25.4 Å². The Morgan fingerprint density at radius 2 is 2.08 bits per heavy atom. The third kappa shape index (κ3) is 5.31. The van der Waals surface area contributed by atoms with E-state index in [1.807, 2.05) is 12.1 Å². The predicted molar refractivity (Wildman–Crippen MR) is 102 cm³/mol. The summed E-state index contributed by atoms with van der Waals surface area (Å²) < 4.78 is 0. The molecule has 1 atom stereocenters. The zero-order chi connectivity index (χ0) is 18.0. The molecule has 1 aromatic carbocycles. The lowest BCUT2D eigenvalue weighted by Crippen LogP contribution is -2.37. The molecule has 1 aliphatic carbocycles. The number of likely N-dealkylation sites (N-methyl/N-ethyl adjacent to an activating group) is 1. The number of thiazole rings is 1. The highest BCUT2D eigenvalue weighted by Gasteiger charge is 2.31. The molecule has 1 aliphatic rings. The maximum Gasteiger partial charge on any atom is 0.323 e. The van der Waals surface area contributed by atoms with Crippen LogP contribution in [0.25, 0.3) is 0 Å². The number of aliphatic hydroxyl groups is 1. The van der Waals surface area contributed by atoms with Crippen molar-refractivity contribution in [2.24, 2.45) is 5.92 Å². The highest BCUT2D eigenvalue weighted by Crippen LogP contribution is 2.32. The summed E-state index contributed by atoms with van der Waals surface area (Å²) in [6, 6.07) is 5.14. The van der Waals surface area contributed by atoms with Gasteiger partial charge in [0.25, 0.3) is 0 Å². The largest absolute Gasteiger partial charge is 0.391 e. The Labute approximate surface area is 160 Å². The van der Waals surface area contributed by atoms with Crippen molar-refractivity contribution in [1.82, 2.24) is 9.88 Å². The van der Waals surface area contributed by atoms with Gasteiger partial charge in [0.1, 0.15) is 0 Å². The van der Waals surface area contributed by atoms with Crippen molar-refractivity contribution < 1.29 is 9.90 Å². The Balaban J connectivity index is 1.56. The zero-order valence-electron chi connectivity index (χ0n) is 13.7. The van der Waals surface area contributed by atoms with Crippen molar-refractivity contribution in [1.29, 1.82) is 0 Å². The number of anilines is 1. The minimum atomic E-state index is -0.449. The first-order valence-corrected chi connectivity index (χ1v) is 9.58. The topological polar surface area (TPSA) is 65.5 Å². The minimum absolute atomic E-state index is 0.272. The number of rotatable bonds is 6. The quantitative estimate of drug-likeness (QED) is 0.761. The van der Waals surface area contributed by atoms with Crippen LogP contribution in [0.1, 0.15) is 23.3 Å². The molecule has 2 amide bonds. The van der Waals surface area contributed by atoms with E-state index in [4.69, 9.17) is 23.2 Å². The van der Waals surface area contributed by atoms with E-state index in [1.165, 1.54) is 16.2 Å². The van der Waals surface area contributed by atoms with Crippen LogP contribution >= 0.6 is 34.5 Å². The molecular formula is C17H19Cl2N3O2S. The van der Waals surface area contributed by atoms with Crippen molar-refractivity contribution >= 4 is 45.7 Å². The van der Waals surface area contributed by atoms with Gasteiger partial charge in [-0.05, 0) is 42.5 Å². The van der Waals surface area contributed by atoms with Crippen LogP contribution in [-0.2, 0) is 6.42 Å². The maximum atomic E-state index is 12.2. The molecule has 2 N–H and O–H groups in total. The molecule has 0 saturated heterocycles. The number of carbonyl (C=O) groups is 1. The van der Waals surface area contributed by atoms with Crippen LogP contribution in [0.3, 0.4) is 0 Å². The summed E-state index contributed by atoms with van der Waals surface area (Å²) in [7, 11) is 1.67. The average molecular weight is 400 g/mol. The van der Waals surface area contributed by atoms with Gasteiger partial charge in [-0.3, -0.25) is 5.32 Å². The van der Waals surface area contributed by atoms with Gasteiger partial charge in [-0.2, -0.15) is 0 Å². The van der Waals surface area contributed by atoms with Gasteiger partial charge < -0.3 is 10.0 Å². The van der Waals surface area contributed by atoms with Gasteiger partial charge in [0, 0.05) is 41.1 Å². The Hall–Kier alpha value is -1.34. The van der Waals surface area contributed by atoms with Crippen LogP contribution in [0.5, 0.6) is 0 Å². The smallest absolute Gasteiger partial charge is 0.323 e. The number of nitrogens with zero attached hydrogens (tertiary/aromatic N) is 2. The number of benzene rings is 1. The fraction of sp³-hybridized carbons (Fsp3) is 0.412. The van der Waals surface area contributed by atoms with E-state index in [2.05, 4.69) is 10.3 Å². The van der Waals surface area contributed by atoms with E-state index in [0.29, 0.717) is 34.1 Å². The van der Waals surface area contributed by atoms with Gasteiger partial charge in [0.2, 0.25) is 0 Å². The van der Waals surface area contributed by atoms with Crippen molar-refractivity contribution in [3.63, 3.8) is 0 Å². The molecule has 0 bridgehead atoms. The zero-order valence-corrected chi connectivity index (χ0v) is 16.0. The van der Waals surface area contributed by atoms with E-state index in [1.54, 1.807) is 19.3 Å². The molecule has 0 spiro atoms. The van der Waals surface area contributed by atoms with E-state index in [9.17, 15) is 9.90 Å². The van der Waals surface area contributed by atoms with Gasteiger partial charge in [0.05, 0.1) is 6.10 Å². The second kappa shape index (κ2) is 7.91. The summed E-state index contributed by atoms with van der Waals surface area (Å²) in [6.07, 6.45) is 4.01. The number of halogens is 2. The molecule has 1 fully saturated rings. The fourth-order valence-corrected chi connectivity index (χ4v) is 3.95. The molecule has 25 heavy (non-hydrogen) atoms. The first-order valence-electron chi connectivity index (χ1n) is 8.00. The number of nitrogens with one attached hydrogen (secondary N) is 1. The van der Waals surface area contributed by atoms with E-state index >= 15 is 0 Å². The molecule has 0 radical (unpaired) electrons. The monoisotopic (exact) mass is 399 g/mol. The van der Waals surface area contributed by atoms with Crippen LogP contribution < -0.4 is 5.32 Å². The normalized spacial score (nSPS) is 15.0. The first-order chi connectivity index (χ1) is 11.9. The number of hydrogen-bond acceptors (Lipinski definition) is 4. The third-order valence-electron chi connectivity index (χ3n) is 4.04. The van der Waals surface area contributed by atoms with Crippen LogP contribution in [0.15, 0.2) is 24.4 Å². The number of aliphatic hydroxyl groups excluding tert-OH is 1. The summed E-state index contributed by atoms with van der Waals surface area (Å²) in [6.45, 7) is 0.329. The average Bonchev–Trinajstić information content (AvgIpc) is 3.29. The molecule has 8 heteroatoms. The van der Waals surface area contributed by atoms with Gasteiger partial charge >= 0.3 is 6.03 Å². The van der Waals surface area contributed by atoms with Crippen molar-refractivity contribution in [2.75, 3.05) is 18.9 Å². The molecule has 1 heterocycles. The summed E-state index contributed by atoms with van der Waals surface area (Å²) in [5, 5.41) is 14.4. The molecule has 134 valence electrons. The van der Waals surface area contributed by atoms with E-state index < -0.39 is 6.10 Å². The summed E-state index contributed by atoms with van der Waals surface area (Å²) in [4.78, 5) is 18.9. The van der Waals surface area contributed by atoms with Gasteiger partial charge in [-0.25, -0.2) is 9.78 Å². The second-order valence-corrected chi connectivity index (χ2v) is 8.29. The predicted octanol–water partition coefficient (Wildman–Crippen LogP) is 4.28. The highest BCUT2D eigenvalue weighted by molar-refractivity contribution is 7.15. The third-order valence-corrected chi connectivity index (χ3v) is 5.39. The van der Waals surface area contributed by atoms with Gasteiger partial charge in [-0.15, -0.1) is 11.3 Å². The molecule has 3 rings (SSSR count). The number of urea groups is 1. The van der Waals surface area contributed by atoms with Crippen LogP contribution in [0.2, 0.25) is 10.0 Å². The Kier molecular flexibility index (Phi) is 5.84. The SMILES string of the molecule is CN(CC(O)C1CC1)C(=O)Nc1ncc(Cc2cc(Cl)cc(Cl)c2)s1. The molecule has 1 unspecified atom stereocenters. The molecule has 0 aliphatic heterocycles. The maximum absolute atomic E-state index is 12.2. The van der Waals surface area contributed by atoms with Crippen LogP contribution in [0.4, 0.5) is 9.93 Å². The molecule has 1 saturated carbocycles. The first kappa shape index (κ1) is 18.5. The Morgan fingerprint density at radius 1 is 1.40 bits per heavy atom. The van der Waals surface area contributed by atoms with Gasteiger partial charge in [0.15, 0.2) is 5.13 Å². The molecular weight excluding hydrogens is 381 g/mol. The molecule has 5 nitrogen and oxygen atoms in total. The van der Waals surface area contributed by atoms with Gasteiger partial charge in [-0.1, -0.05) is 23.2 Å². The Morgan fingerprint density at radius 3 is 2.72 bits per heavy atom. The molecule has 1 aromatic heterocycles. The lowest BCUT2D eigenvalue weighted by molar-refractivity contribution is 0.117. The summed E-state index contributed by atoms with van der Waals surface area (Å²) >= 11 is 13.4. The highest BCUT2D eigenvalue weighted by atomic mass is 35.5. The van der Waals surface area contributed by atoms with Crippen molar-refractivity contribution in [3.05, 3.63) is 44.9 Å². The minimum Gasteiger partial charge on any atom is -0.391 e. The Bertz CT molecular complexity index is 744. The lowest BCUT2D eigenvalue weighted by atomic mass is 10.1. The summed E-state index contributed by atoms with van der Waals surface area (Å²) in [5.41, 5.74) is 0.990. The standard InChI is InChI=1S/C17H19Cl2N3O2S/c1-22(9-15(23)11-2-3-11)17(24)21-16-20-8-14(25-16)6-10-4-12(18)7-13(19)5-10/h4-5,7-8,11,15,23H,2-3,6,9H2,1H3,(H,20,21,24). The number of carbonyl (C=O) groups excluding carboxylic acids is 1.